The summed E-state index contributed by atoms with van der Waals surface area (Å²) in [5, 5.41) is 1.23. The van der Waals surface area contributed by atoms with Crippen LogP contribution in [-0.2, 0) is 6.42 Å². The molecule has 80 valence electrons. The molecule has 1 nitrogen and oxygen atoms in total. The third kappa shape index (κ3) is 2.56. The molecule has 0 atom stereocenters. The van der Waals surface area contributed by atoms with Crippen molar-refractivity contribution in [1.82, 2.24) is 4.98 Å². The minimum absolute atomic E-state index is 1.08. The monoisotopic (exact) mass is 201 g/mol. The number of aryl methyl sites for hydroxylation is 2. The van der Waals surface area contributed by atoms with Crippen molar-refractivity contribution in [3.63, 3.8) is 0 Å². The fraction of sp³-hybridized carbons (Fsp3) is 0.357. The maximum Gasteiger partial charge on any atom is 0.0704 e. The molecular weight excluding hydrogens is 182 g/mol. The zero-order valence-electron chi connectivity index (χ0n) is 10.0. The molecule has 0 aliphatic rings. The first kappa shape index (κ1) is 11.7. The maximum absolute atomic E-state index is 4.33. The van der Waals surface area contributed by atoms with Gasteiger partial charge in [-0.15, -0.1) is 0 Å². The van der Waals surface area contributed by atoms with Gasteiger partial charge in [0, 0.05) is 11.6 Å². The van der Waals surface area contributed by atoms with E-state index in [1.807, 2.05) is 26.1 Å². The SMILES string of the molecule is CC.CCc1cc2ncccc2cc1C. The topological polar surface area (TPSA) is 12.9 Å². The quantitative estimate of drug-likeness (QED) is 0.676. The smallest absolute Gasteiger partial charge is 0.0704 e. The number of fused-ring (bicyclic) bond motifs is 1. The highest BCUT2D eigenvalue weighted by Gasteiger charge is 1.99. The Hall–Kier alpha value is -1.37. The predicted molar refractivity (Wildman–Crippen MR) is 67.2 cm³/mol. The Balaban J connectivity index is 0.000000531. The van der Waals surface area contributed by atoms with E-state index in [0.717, 1.165) is 11.9 Å². The Bertz CT molecular complexity index is 432. The van der Waals surface area contributed by atoms with E-state index < -0.39 is 0 Å². The van der Waals surface area contributed by atoms with E-state index in [1.54, 1.807) is 0 Å². The van der Waals surface area contributed by atoms with Crippen LogP contribution in [0.2, 0.25) is 0 Å². The van der Waals surface area contributed by atoms with Gasteiger partial charge in [0.15, 0.2) is 0 Å². The van der Waals surface area contributed by atoms with Crippen molar-refractivity contribution in [2.45, 2.75) is 34.1 Å². The van der Waals surface area contributed by atoms with Crippen LogP contribution in [0.5, 0.6) is 0 Å². The van der Waals surface area contributed by atoms with Gasteiger partial charge in [0.05, 0.1) is 5.52 Å². The molecule has 2 rings (SSSR count). The van der Waals surface area contributed by atoms with Crippen molar-refractivity contribution in [2.24, 2.45) is 0 Å². The first-order valence-electron chi connectivity index (χ1n) is 5.65. The molecule has 15 heavy (non-hydrogen) atoms. The van der Waals surface area contributed by atoms with Gasteiger partial charge in [-0.25, -0.2) is 0 Å². The molecule has 0 amide bonds. The molecule has 0 saturated heterocycles. The number of pyridine rings is 1. The lowest BCUT2D eigenvalue weighted by Gasteiger charge is -2.04. The average molecular weight is 201 g/mol. The molecule has 0 radical (unpaired) electrons. The summed E-state index contributed by atoms with van der Waals surface area (Å²) in [4.78, 5) is 4.33. The highest BCUT2D eigenvalue weighted by Crippen LogP contribution is 2.17. The summed E-state index contributed by atoms with van der Waals surface area (Å²) >= 11 is 0. The van der Waals surface area contributed by atoms with E-state index in [1.165, 1.54) is 16.5 Å². The highest BCUT2D eigenvalue weighted by atomic mass is 14.6. The molecule has 0 aliphatic heterocycles. The molecule has 1 heterocycles. The van der Waals surface area contributed by atoms with Crippen LogP contribution in [0.15, 0.2) is 30.5 Å². The molecule has 0 spiro atoms. The van der Waals surface area contributed by atoms with Crippen molar-refractivity contribution < 1.29 is 0 Å². The van der Waals surface area contributed by atoms with Crippen molar-refractivity contribution in [1.29, 1.82) is 0 Å². The van der Waals surface area contributed by atoms with E-state index in [0.29, 0.717) is 0 Å². The lowest BCUT2D eigenvalue weighted by Crippen LogP contribution is -1.87. The van der Waals surface area contributed by atoms with E-state index >= 15 is 0 Å². The summed E-state index contributed by atoms with van der Waals surface area (Å²) in [5.74, 6) is 0. The Kier molecular flexibility index (Phi) is 4.29. The van der Waals surface area contributed by atoms with Crippen LogP contribution >= 0.6 is 0 Å². The van der Waals surface area contributed by atoms with Crippen molar-refractivity contribution >= 4 is 10.9 Å². The molecule has 1 aromatic carbocycles. The third-order valence-electron chi connectivity index (χ3n) is 2.44. The van der Waals surface area contributed by atoms with Gasteiger partial charge in [-0.05, 0) is 42.7 Å². The summed E-state index contributed by atoms with van der Waals surface area (Å²) in [6, 6.07) is 8.48. The molecule has 0 N–H and O–H groups in total. The average Bonchev–Trinajstić information content (AvgIpc) is 2.31. The van der Waals surface area contributed by atoms with Crippen LogP contribution in [0, 0.1) is 6.92 Å². The maximum atomic E-state index is 4.33. The number of benzene rings is 1. The first-order chi connectivity index (χ1) is 7.31. The molecule has 0 saturated carbocycles. The van der Waals surface area contributed by atoms with Crippen molar-refractivity contribution in [3.05, 3.63) is 41.6 Å². The van der Waals surface area contributed by atoms with Gasteiger partial charge in [-0.3, -0.25) is 4.98 Å². The van der Waals surface area contributed by atoms with E-state index in [-0.39, 0.29) is 0 Å². The van der Waals surface area contributed by atoms with Gasteiger partial charge >= 0.3 is 0 Å². The fourth-order valence-electron chi connectivity index (χ4n) is 1.66. The molecule has 0 bridgehead atoms. The first-order valence-corrected chi connectivity index (χ1v) is 5.65. The zero-order chi connectivity index (χ0) is 11.3. The Morgan fingerprint density at radius 3 is 2.60 bits per heavy atom. The van der Waals surface area contributed by atoms with Crippen LogP contribution in [0.3, 0.4) is 0 Å². The second-order valence-electron chi connectivity index (χ2n) is 3.33. The second kappa shape index (κ2) is 5.50. The van der Waals surface area contributed by atoms with Crippen molar-refractivity contribution in [3.8, 4) is 0 Å². The van der Waals surface area contributed by atoms with E-state index in [9.17, 15) is 0 Å². The van der Waals surface area contributed by atoms with Crippen LogP contribution < -0.4 is 0 Å². The van der Waals surface area contributed by atoms with Gasteiger partial charge in [-0.1, -0.05) is 26.8 Å². The molecule has 0 fully saturated rings. The summed E-state index contributed by atoms with van der Waals surface area (Å²) in [7, 11) is 0. The van der Waals surface area contributed by atoms with Crippen LogP contribution in [0.4, 0.5) is 0 Å². The van der Waals surface area contributed by atoms with Crippen LogP contribution in [-0.4, -0.2) is 4.98 Å². The summed E-state index contributed by atoms with van der Waals surface area (Å²) in [6.45, 7) is 8.34. The lowest BCUT2D eigenvalue weighted by molar-refractivity contribution is 1.11. The Morgan fingerprint density at radius 1 is 1.20 bits per heavy atom. The van der Waals surface area contributed by atoms with Crippen molar-refractivity contribution in [2.75, 3.05) is 0 Å². The number of hydrogen-bond acceptors (Lipinski definition) is 1. The highest BCUT2D eigenvalue weighted by molar-refractivity contribution is 5.80. The molecular formula is C14H19N. The molecule has 0 unspecified atom stereocenters. The van der Waals surface area contributed by atoms with E-state index in [4.69, 9.17) is 0 Å². The Labute approximate surface area is 92.2 Å². The summed E-state index contributed by atoms with van der Waals surface area (Å²) in [6.07, 6.45) is 2.93. The number of rotatable bonds is 1. The molecule has 0 aliphatic carbocycles. The summed E-state index contributed by atoms with van der Waals surface area (Å²) < 4.78 is 0. The number of hydrogen-bond donors (Lipinski definition) is 0. The summed E-state index contributed by atoms with van der Waals surface area (Å²) in [5.41, 5.74) is 3.86. The number of aromatic nitrogens is 1. The third-order valence-corrected chi connectivity index (χ3v) is 2.44. The minimum Gasteiger partial charge on any atom is -0.256 e. The van der Waals surface area contributed by atoms with Gasteiger partial charge in [0.1, 0.15) is 0 Å². The van der Waals surface area contributed by atoms with Gasteiger partial charge in [0.25, 0.3) is 0 Å². The zero-order valence-corrected chi connectivity index (χ0v) is 10.0. The Morgan fingerprint density at radius 2 is 1.93 bits per heavy atom. The minimum atomic E-state index is 1.08. The largest absolute Gasteiger partial charge is 0.256 e. The molecule has 1 aromatic heterocycles. The standard InChI is InChI=1S/C12H13N.C2H6/c1-3-10-8-12-11(7-9(10)2)5-4-6-13-12;1-2/h4-8H,3H2,1-2H3;1-2H3. The van der Waals surface area contributed by atoms with Gasteiger partial charge in [0.2, 0.25) is 0 Å². The van der Waals surface area contributed by atoms with Gasteiger partial charge < -0.3 is 0 Å². The van der Waals surface area contributed by atoms with Crippen LogP contribution in [0.1, 0.15) is 31.9 Å². The van der Waals surface area contributed by atoms with Gasteiger partial charge in [-0.2, -0.15) is 0 Å². The normalized spacial score (nSPS) is 9.60. The fourth-order valence-corrected chi connectivity index (χ4v) is 1.66. The molecule has 2 aromatic rings. The van der Waals surface area contributed by atoms with E-state index in [2.05, 4.69) is 37.0 Å². The lowest BCUT2D eigenvalue weighted by atomic mass is 10.0. The predicted octanol–water partition coefficient (Wildman–Crippen LogP) is 4.13. The molecule has 1 heteroatoms. The second-order valence-corrected chi connectivity index (χ2v) is 3.33. The number of nitrogens with zero attached hydrogens (tertiary/aromatic N) is 1. The van der Waals surface area contributed by atoms with Crippen LogP contribution in [0.25, 0.3) is 10.9 Å².